The van der Waals surface area contributed by atoms with Gasteiger partial charge in [-0.1, -0.05) is 26.2 Å². The van der Waals surface area contributed by atoms with Crippen LogP contribution in [0.2, 0.25) is 0 Å². The average molecular weight is 289 g/mol. The molecule has 4 nitrogen and oxygen atoms in total. The van der Waals surface area contributed by atoms with Gasteiger partial charge in [0.05, 0.1) is 11.4 Å². The Kier molecular flexibility index (Phi) is 5.10. The first-order chi connectivity index (χ1) is 9.99. The Morgan fingerprint density at radius 1 is 1.24 bits per heavy atom. The lowest BCUT2D eigenvalue weighted by atomic mass is 9.96. The zero-order valence-corrected chi connectivity index (χ0v) is 13.4. The Morgan fingerprint density at radius 3 is 2.62 bits per heavy atom. The summed E-state index contributed by atoms with van der Waals surface area (Å²) in [5, 5.41) is 3.58. The van der Waals surface area contributed by atoms with Crippen LogP contribution < -0.4 is 11.1 Å². The Hall–Kier alpha value is -1.71. The molecular formula is C17H27N3O. The number of nitrogens with two attached hydrogens (primary N) is 1. The van der Waals surface area contributed by atoms with Gasteiger partial charge < -0.3 is 16.0 Å². The van der Waals surface area contributed by atoms with Gasteiger partial charge in [0, 0.05) is 25.7 Å². The number of carbonyl (C=O) groups is 1. The summed E-state index contributed by atoms with van der Waals surface area (Å²) in [6.07, 6.45) is 6.40. The molecule has 3 N–H and O–H groups in total. The van der Waals surface area contributed by atoms with E-state index in [9.17, 15) is 4.79 Å². The third-order valence-electron chi connectivity index (χ3n) is 4.41. The third-order valence-corrected chi connectivity index (χ3v) is 4.41. The smallest absolute Gasteiger partial charge is 0.253 e. The average Bonchev–Trinajstić information content (AvgIpc) is 2.65. The summed E-state index contributed by atoms with van der Waals surface area (Å²) >= 11 is 0. The zero-order chi connectivity index (χ0) is 15.4. The molecule has 0 heterocycles. The Balaban J connectivity index is 2.11. The van der Waals surface area contributed by atoms with Crippen molar-refractivity contribution in [2.24, 2.45) is 5.92 Å². The van der Waals surface area contributed by atoms with Crippen molar-refractivity contribution in [2.45, 2.75) is 45.1 Å². The lowest BCUT2D eigenvalue weighted by Crippen LogP contribution is -2.27. The number of anilines is 2. The third kappa shape index (κ3) is 3.90. The molecule has 1 saturated carbocycles. The standard InChI is InChI=1S/C17H27N3O/c1-12-7-5-4-6-8-15(12)19-16-10-9-13(11-14(16)18)17(21)20(2)3/h9-12,15,19H,4-8,18H2,1-3H3. The molecule has 4 heteroatoms. The number of carbonyl (C=O) groups excluding carboxylic acids is 1. The first kappa shape index (κ1) is 15.7. The van der Waals surface area contributed by atoms with Crippen molar-refractivity contribution >= 4 is 17.3 Å². The van der Waals surface area contributed by atoms with E-state index in [1.165, 1.54) is 32.1 Å². The van der Waals surface area contributed by atoms with E-state index in [-0.39, 0.29) is 5.91 Å². The number of rotatable bonds is 3. The van der Waals surface area contributed by atoms with Gasteiger partial charge in [0.25, 0.3) is 5.91 Å². The molecule has 1 aliphatic carbocycles. The summed E-state index contributed by atoms with van der Waals surface area (Å²) in [4.78, 5) is 13.5. The molecule has 0 aliphatic heterocycles. The van der Waals surface area contributed by atoms with Crippen molar-refractivity contribution in [1.29, 1.82) is 0 Å². The number of nitrogens with one attached hydrogen (secondary N) is 1. The van der Waals surface area contributed by atoms with Crippen molar-refractivity contribution in [3.05, 3.63) is 23.8 Å². The van der Waals surface area contributed by atoms with Gasteiger partial charge in [0.15, 0.2) is 0 Å². The van der Waals surface area contributed by atoms with E-state index in [0.717, 1.165) is 5.69 Å². The van der Waals surface area contributed by atoms with Crippen molar-refractivity contribution in [1.82, 2.24) is 4.90 Å². The van der Waals surface area contributed by atoms with E-state index in [1.54, 1.807) is 25.1 Å². The second-order valence-corrected chi connectivity index (χ2v) is 6.37. The Morgan fingerprint density at radius 2 is 1.95 bits per heavy atom. The van der Waals surface area contributed by atoms with Crippen LogP contribution in [-0.4, -0.2) is 30.9 Å². The van der Waals surface area contributed by atoms with E-state index < -0.39 is 0 Å². The molecule has 1 aliphatic rings. The van der Waals surface area contributed by atoms with E-state index in [4.69, 9.17) is 5.73 Å². The zero-order valence-electron chi connectivity index (χ0n) is 13.4. The van der Waals surface area contributed by atoms with Crippen LogP contribution in [0.25, 0.3) is 0 Å². The maximum absolute atomic E-state index is 11.9. The molecule has 1 fully saturated rings. The maximum atomic E-state index is 11.9. The molecule has 0 radical (unpaired) electrons. The van der Waals surface area contributed by atoms with Crippen molar-refractivity contribution < 1.29 is 4.79 Å². The monoisotopic (exact) mass is 289 g/mol. The summed E-state index contributed by atoms with van der Waals surface area (Å²) in [7, 11) is 3.50. The largest absolute Gasteiger partial charge is 0.397 e. The van der Waals surface area contributed by atoms with Crippen LogP contribution in [0.5, 0.6) is 0 Å². The van der Waals surface area contributed by atoms with Crippen molar-refractivity contribution in [3.8, 4) is 0 Å². The molecule has 2 rings (SSSR count). The van der Waals surface area contributed by atoms with Crippen LogP contribution >= 0.6 is 0 Å². The van der Waals surface area contributed by atoms with Crippen LogP contribution in [-0.2, 0) is 0 Å². The fraction of sp³-hybridized carbons (Fsp3) is 0.588. The lowest BCUT2D eigenvalue weighted by Gasteiger charge is -2.25. The minimum Gasteiger partial charge on any atom is -0.397 e. The second kappa shape index (κ2) is 6.83. The van der Waals surface area contributed by atoms with E-state index >= 15 is 0 Å². The normalized spacial score (nSPS) is 22.4. The van der Waals surface area contributed by atoms with Gasteiger partial charge in [-0.2, -0.15) is 0 Å². The highest BCUT2D eigenvalue weighted by molar-refractivity contribution is 5.95. The van der Waals surface area contributed by atoms with Crippen molar-refractivity contribution in [2.75, 3.05) is 25.1 Å². The Bertz CT molecular complexity index is 499. The second-order valence-electron chi connectivity index (χ2n) is 6.37. The van der Waals surface area contributed by atoms with E-state index in [1.807, 2.05) is 12.1 Å². The fourth-order valence-electron chi connectivity index (χ4n) is 2.99. The lowest BCUT2D eigenvalue weighted by molar-refractivity contribution is 0.0827. The quantitative estimate of drug-likeness (QED) is 0.662. The minimum atomic E-state index is -0.0175. The summed E-state index contributed by atoms with van der Waals surface area (Å²) < 4.78 is 0. The predicted molar refractivity (Wildman–Crippen MR) is 88.5 cm³/mol. The molecule has 1 amide bonds. The van der Waals surface area contributed by atoms with Crippen LogP contribution in [0, 0.1) is 5.92 Å². The highest BCUT2D eigenvalue weighted by atomic mass is 16.2. The topological polar surface area (TPSA) is 58.4 Å². The van der Waals surface area contributed by atoms with E-state index in [0.29, 0.717) is 23.2 Å². The van der Waals surface area contributed by atoms with Gasteiger partial charge in [0.2, 0.25) is 0 Å². The molecule has 116 valence electrons. The first-order valence-corrected chi connectivity index (χ1v) is 7.86. The SMILES string of the molecule is CC1CCCCCC1Nc1ccc(C(=O)N(C)C)cc1N. The van der Waals surface area contributed by atoms with Crippen LogP contribution in [0.4, 0.5) is 11.4 Å². The van der Waals surface area contributed by atoms with Gasteiger partial charge in [-0.05, 0) is 37.0 Å². The van der Waals surface area contributed by atoms with Crippen LogP contribution in [0.15, 0.2) is 18.2 Å². The number of hydrogen-bond donors (Lipinski definition) is 2. The predicted octanol–water partition coefficient (Wildman–Crippen LogP) is 3.35. The molecule has 2 unspecified atom stereocenters. The number of nitrogen functional groups attached to an aromatic ring is 1. The van der Waals surface area contributed by atoms with E-state index in [2.05, 4.69) is 12.2 Å². The highest BCUT2D eigenvalue weighted by Gasteiger charge is 2.20. The minimum absolute atomic E-state index is 0.0175. The molecule has 21 heavy (non-hydrogen) atoms. The van der Waals surface area contributed by atoms with Crippen LogP contribution in [0.1, 0.15) is 49.4 Å². The number of hydrogen-bond acceptors (Lipinski definition) is 3. The number of nitrogens with zero attached hydrogens (tertiary/aromatic N) is 1. The van der Waals surface area contributed by atoms with Gasteiger partial charge >= 0.3 is 0 Å². The van der Waals surface area contributed by atoms with Gasteiger partial charge in [0.1, 0.15) is 0 Å². The summed E-state index contributed by atoms with van der Waals surface area (Å²) in [5.41, 5.74) is 8.36. The molecule has 0 saturated heterocycles. The summed E-state index contributed by atoms with van der Waals surface area (Å²) in [6.45, 7) is 2.31. The Labute approximate surface area is 127 Å². The van der Waals surface area contributed by atoms with Gasteiger partial charge in [-0.15, -0.1) is 0 Å². The summed E-state index contributed by atoms with van der Waals surface area (Å²) in [5.74, 6) is 0.645. The van der Waals surface area contributed by atoms with Crippen LogP contribution in [0.3, 0.4) is 0 Å². The van der Waals surface area contributed by atoms with Crippen molar-refractivity contribution in [3.63, 3.8) is 0 Å². The molecule has 0 bridgehead atoms. The molecule has 0 aromatic heterocycles. The fourth-order valence-corrected chi connectivity index (χ4v) is 2.99. The number of amides is 1. The summed E-state index contributed by atoms with van der Waals surface area (Å²) in [6, 6.07) is 6.03. The van der Waals surface area contributed by atoms with Gasteiger partial charge in [-0.3, -0.25) is 4.79 Å². The molecular weight excluding hydrogens is 262 g/mol. The maximum Gasteiger partial charge on any atom is 0.253 e. The highest BCUT2D eigenvalue weighted by Crippen LogP contribution is 2.28. The molecule has 1 aromatic rings. The number of benzene rings is 1. The van der Waals surface area contributed by atoms with Gasteiger partial charge in [-0.25, -0.2) is 0 Å². The molecule has 0 spiro atoms. The molecule has 2 atom stereocenters. The first-order valence-electron chi connectivity index (χ1n) is 7.86. The molecule has 1 aromatic carbocycles.